The molecule has 0 atom stereocenters. The highest BCUT2D eigenvalue weighted by atomic mass is 14.2. The van der Waals surface area contributed by atoms with E-state index in [9.17, 15) is 0 Å². The Balaban J connectivity index is 0. The predicted molar refractivity (Wildman–Crippen MR) is 50.3 cm³/mol. The second-order valence-corrected chi connectivity index (χ2v) is 4.23. The van der Waals surface area contributed by atoms with Crippen LogP contribution in [0.15, 0.2) is 0 Å². The molecular formula is C10H24. The Morgan fingerprint density at radius 2 is 1.10 bits per heavy atom. The van der Waals surface area contributed by atoms with Crippen LogP contribution in [-0.2, 0) is 0 Å². The van der Waals surface area contributed by atoms with Gasteiger partial charge in [0.1, 0.15) is 0 Å². The Labute approximate surface area is 67.0 Å². The minimum absolute atomic E-state index is 0.500. The molecule has 10 heavy (non-hydrogen) atoms. The largest absolute Gasteiger partial charge is 0.0656 e. The van der Waals surface area contributed by atoms with Crippen LogP contribution in [0.4, 0.5) is 0 Å². The van der Waals surface area contributed by atoms with E-state index in [1.54, 1.807) is 0 Å². The van der Waals surface area contributed by atoms with Crippen LogP contribution in [-0.4, -0.2) is 0 Å². The van der Waals surface area contributed by atoms with Gasteiger partial charge in [-0.15, -0.1) is 0 Å². The molecule has 64 valence electrons. The molecule has 0 heteroatoms. The zero-order valence-electron chi connectivity index (χ0n) is 8.78. The first-order valence-electron chi connectivity index (χ1n) is 4.36. The summed E-state index contributed by atoms with van der Waals surface area (Å²) in [6.07, 6.45) is 1.25. The van der Waals surface area contributed by atoms with E-state index in [1.807, 2.05) is 0 Å². The zero-order valence-corrected chi connectivity index (χ0v) is 8.78. The van der Waals surface area contributed by atoms with Crippen molar-refractivity contribution in [2.45, 2.75) is 54.9 Å². The average molecular weight is 144 g/mol. The van der Waals surface area contributed by atoms with E-state index in [0.717, 1.165) is 5.92 Å². The molecule has 0 rings (SSSR count). The Kier molecular flexibility index (Phi) is 7.29. The third kappa shape index (κ3) is 10.9. The van der Waals surface area contributed by atoms with Gasteiger partial charge in [0.05, 0.1) is 0 Å². The summed E-state index contributed by atoms with van der Waals surface area (Å²) < 4.78 is 0. The summed E-state index contributed by atoms with van der Waals surface area (Å²) in [6, 6.07) is 0. The lowest BCUT2D eigenvalue weighted by Gasteiger charge is -2.22. The van der Waals surface area contributed by atoms with Crippen molar-refractivity contribution in [2.24, 2.45) is 11.3 Å². The average Bonchev–Trinajstić information content (AvgIpc) is 1.64. The van der Waals surface area contributed by atoms with E-state index >= 15 is 0 Å². The van der Waals surface area contributed by atoms with Crippen molar-refractivity contribution in [1.29, 1.82) is 0 Å². The van der Waals surface area contributed by atoms with E-state index in [2.05, 4.69) is 48.5 Å². The first-order valence-corrected chi connectivity index (χ1v) is 4.36. The molecule has 0 nitrogen and oxygen atoms in total. The van der Waals surface area contributed by atoms with Gasteiger partial charge in [-0.05, 0) is 11.3 Å². The molecule has 0 amide bonds. The van der Waals surface area contributed by atoms with E-state index in [1.165, 1.54) is 6.42 Å². The Hall–Kier alpha value is 0. The van der Waals surface area contributed by atoms with Crippen LogP contribution >= 0.6 is 0 Å². The molecule has 0 saturated carbocycles. The molecule has 0 aromatic heterocycles. The van der Waals surface area contributed by atoms with Gasteiger partial charge < -0.3 is 0 Å². The summed E-state index contributed by atoms with van der Waals surface area (Å²) in [5, 5.41) is 0. The van der Waals surface area contributed by atoms with Gasteiger partial charge in [-0.2, -0.15) is 0 Å². The monoisotopic (exact) mass is 144 g/mol. The van der Waals surface area contributed by atoms with Crippen molar-refractivity contribution in [3.8, 4) is 0 Å². The van der Waals surface area contributed by atoms with E-state index in [-0.39, 0.29) is 0 Å². The van der Waals surface area contributed by atoms with Crippen LogP contribution < -0.4 is 0 Å². The number of hydrogen-bond donors (Lipinski definition) is 0. The lowest BCUT2D eigenvalue weighted by molar-refractivity contribution is 0.283. The summed E-state index contributed by atoms with van der Waals surface area (Å²) in [4.78, 5) is 0. The van der Waals surface area contributed by atoms with Gasteiger partial charge in [-0.1, -0.05) is 54.9 Å². The molecule has 0 heterocycles. The van der Waals surface area contributed by atoms with Gasteiger partial charge in [0.15, 0.2) is 0 Å². The SMILES string of the molecule is CC(C)C(C)(C)C.CCC. The van der Waals surface area contributed by atoms with Crippen LogP contribution in [0.25, 0.3) is 0 Å². The zero-order chi connectivity index (χ0) is 8.78. The summed E-state index contributed by atoms with van der Waals surface area (Å²) >= 11 is 0. The van der Waals surface area contributed by atoms with E-state index in [4.69, 9.17) is 0 Å². The maximum Gasteiger partial charge on any atom is -0.0360 e. The lowest BCUT2D eigenvalue weighted by Crippen LogP contribution is -2.12. The normalized spacial score (nSPS) is 10.8. The number of rotatable bonds is 0. The minimum atomic E-state index is 0.500. The van der Waals surface area contributed by atoms with Crippen LogP contribution in [0, 0.1) is 11.3 Å². The highest BCUT2D eigenvalue weighted by Crippen LogP contribution is 2.23. The van der Waals surface area contributed by atoms with Crippen LogP contribution in [0.2, 0.25) is 0 Å². The Morgan fingerprint density at radius 1 is 1.00 bits per heavy atom. The highest BCUT2D eigenvalue weighted by molar-refractivity contribution is 4.64. The summed E-state index contributed by atoms with van der Waals surface area (Å²) in [7, 11) is 0. The van der Waals surface area contributed by atoms with E-state index < -0.39 is 0 Å². The minimum Gasteiger partial charge on any atom is -0.0656 e. The van der Waals surface area contributed by atoms with Crippen LogP contribution in [0.3, 0.4) is 0 Å². The van der Waals surface area contributed by atoms with E-state index in [0.29, 0.717) is 5.41 Å². The fourth-order valence-electron chi connectivity index (χ4n) is 0. The molecule has 0 fully saturated rings. The smallest absolute Gasteiger partial charge is 0.0360 e. The fraction of sp³-hybridized carbons (Fsp3) is 1.00. The molecule has 0 aromatic carbocycles. The third-order valence-corrected chi connectivity index (χ3v) is 1.73. The van der Waals surface area contributed by atoms with Crippen molar-refractivity contribution in [1.82, 2.24) is 0 Å². The maximum atomic E-state index is 2.26. The molecule has 0 aromatic rings. The lowest BCUT2D eigenvalue weighted by atomic mass is 9.84. The van der Waals surface area contributed by atoms with Crippen molar-refractivity contribution < 1.29 is 0 Å². The van der Waals surface area contributed by atoms with Gasteiger partial charge in [0.25, 0.3) is 0 Å². The molecule has 0 spiro atoms. The molecule has 0 aliphatic heterocycles. The van der Waals surface area contributed by atoms with Crippen molar-refractivity contribution in [3.63, 3.8) is 0 Å². The predicted octanol–water partition coefficient (Wildman–Crippen LogP) is 4.10. The van der Waals surface area contributed by atoms with Gasteiger partial charge in [0.2, 0.25) is 0 Å². The maximum absolute atomic E-state index is 2.26. The molecule has 0 unspecified atom stereocenters. The summed E-state index contributed by atoms with van der Waals surface area (Å²) in [5.41, 5.74) is 0.500. The molecule has 0 bridgehead atoms. The molecule has 0 aliphatic carbocycles. The summed E-state index contributed by atoms with van der Waals surface area (Å²) in [5.74, 6) is 0.799. The van der Waals surface area contributed by atoms with Gasteiger partial charge in [0, 0.05) is 0 Å². The molecule has 0 aliphatic rings. The van der Waals surface area contributed by atoms with Gasteiger partial charge >= 0.3 is 0 Å². The fourth-order valence-corrected chi connectivity index (χ4v) is 0. The topological polar surface area (TPSA) is 0 Å². The van der Waals surface area contributed by atoms with Crippen molar-refractivity contribution in [3.05, 3.63) is 0 Å². The summed E-state index contributed by atoms with van der Waals surface area (Å²) in [6.45, 7) is 15.5. The van der Waals surface area contributed by atoms with Gasteiger partial charge in [-0.25, -0.2) is 0 Å². The first-order chi connectivity index (χ1) is 4.36. The van der Waals surface area contributed by atoms with Gasteiger partial charge in [-0.3, -0.25) is 0 Å². The number of hydrogen-bond acceptors (Lipinski definition) is 0. The van der Waals surface area contributed by atoms with Crippen molar-refractivity contribution >= 4 is 0 Å². The Morgan fingerprint density at radius 3 is 1.10 bits per heavy atom. The first kappa shape index (κ1) is 12.7. The second-order valence-electron chi connectivity index (χ2n) is 4.23. The van der Waals surface area contributed by atoms with Crippen molar-refractivity contribution in [2.75, 3.05) is 0 Å². The standard InChI is InChI=1S/C7H16.C3H8/c1-6(2)7(3,4)5;1-3-2/h6H,1-5H3;3H2,1-2H3. The molecule has 0 saturated heterocycles. The van der Waals surface area contributed by atoms with Crippen LogP contribution in [0.5, 0.6) is 0 Å². The second kappa shape index (κ2) is 5.76. The highest BCUT2D eigenvalue weighted by Gasteiger charge is 2.13. The molecule has 0 radical (unpaired) electrons. The molecule has 0 N–H and O–H groups in total. The Bertz CT molecular complexity index is 54.9. The quantitative estimate of drug-likeness (QED) is 0.480. The molecular weight excluding hydrogens is 120 g/mol. The third-order valence-electron chi connectivity index (χ3n) is 1.73. The van der Waals surface area contributed by atoms with Crippen LogP contribution in [0.1, 0.15) is 54.9 Å².